The van der Waals surface area contributed by atoms with Crippen molar-refractivity contribution >= 4 is 39.9 Å². The molecule has 3 rings (SSSR count). The minimum atomic E-state index is -1.52. The van der Waals surface area contributed by atoms with Gasteiger partial charge in [0, 0.05) is 17.5 Å². The molecule has 0 atom stereocenters. The molecule has 0 saturated carbocycles. The maximum atomic E-state index is 14.7. The number of amides is 1. The van der Waals surface area contributed by atoms with Crippen molar-refractivity contribution in [1.82, 2.24) is 20.2 Å². The van der Waals surface area contributed by atoms with Gasteiger partial charge >= 0.3 is 18.9 Å². The number of anilines is 1. The second-order valence-electron chi connectivity index (χ2n) is 5.33. The number of carbonyl (C=O) groups is 2. The smallest absolute Gasteiger partial charge is 0.542 e. The molecule has 0 unspecified atom stereocenters. The third kappa shape index (κ3) is 4.71. The summed E-state index contributed by atoms with van der Waals surface area (Å²) in [5.74, 6) is -3.03. The van der Waals surface area contributed by atoms with E-state index in [4.69, 9.17) is 16.3 Å². The zero-order valence-electron chi connectivity index (χ0n) is 15.3. The molecule has 0 aromatic carbocycles. The van der Waals surface area contributed by atoms with Crippen LogP contribution in [0.5, 0.6) is 5.75 Å². The zero-order chi connectivity index (χ0) is 20.4. The first kappa shape index (κ1) is 22.7. The minimum absolute atomic E-state index is 0. The van der Waals surface area contributed by atoms with Crippen LogP contribution in [0.15, 0.2) is 18.5 Å². The van der Waals surface area contributed by atoms with Crippen LogP contribution >= 0.6 is 22.9 Å². The molecule has 0 aliphatic heterocycles. The Labute approximate surface area is 184 Å². The van der Waals surface area contributed by atoms with Crippen molar-refractivity contribution in [3.63, 3.8) is 0 Å². The maximum Gasteiger partial charge on any atom is 1.00 e. The number of aryl methyl sites for hydroxylation is 1. The molecule has 0 aliphatic rings. The Morgan fingerprint density at radius 3 is 2.62 bits per heavy atom. The summed E-state index contributed by atoms with van der Waals surface area (Å²) in [6.07, 6.45) is 2.48. The second-order valence-corrected chi connectivity index (χ2v) is 6.67. The molecule has 1 amide bonds. The summed E-state index contributed by atoms with van der Waals surface area (Å²) in [7, 11) is 1.32. The molecule has 0 saturated heterocycles. The van der Waals surface area contributed by atoms with Gasteiger partial charge in [-0.2, -0.15) is 0 Å². The standard InChI is InChI=1S/C16H11ClFN5O4S.Li/c1-6-3-7(10-9(27-2)5-20-12(17)11(10)18)8(4-19-6)13(24)21-16-23-22-14(28-16)15(25)26;/h3-5H,1-2H3,(H,25,26)(H,21,23,24);/q;+1/p-1. The first-order valence-electron chi connectivity index (χ1n) is 7.53. The number of nitrogens with zero attached hydrogens (tertiary/aromatic N) is 4. The van der Waals surface area contributed by atoms with E-state index in [-0.39, 0.29) is 51.6 Å². The van der Waals surface area contributed by atoms with Gasteiger partial charge in [-0.05, 0) is 13.0 Å². The van der Waals surface area contributed by atoms with Gasteiger partial charge in [0.15, 0.2) is 16.0 Å². The maximum absolute atomic E-state index is 14.7. The summed E-state index contributed by atoms with van der Waals surface area (Å²) in [5.41, 5.74) is 0.588. The largest absolute Gasteiger partial charge is 1.00 e. The molecular formula is C16H10ClFLiN5O4S. The molecule has 144 valence electrons. The van der Waals surface area contributed by atoms with Crippen molar-refractivity contribution in [2.24, 2.45) is 0 Å². The summed E-state index contributed by atoms with van der Waals surface area (Å²) >= 11 is 6.41. The average molecular weight is 430 g/mol. The van der Waals surface area contributed by atoms with Crippen LogP contribution in [0.1, 0.15) is 25.9 Å². The summed E-state index contributed by atoms with van der Waals surface area (Å²) in [5, 5.41) is 19.3. The van der Waals surface area contributed by atoms with E-state index in [2.05, 4.69) is 25.5 Å². The van der Waals surface area contributed by atoms with Gasteiger partial charge < -0.3 is 14.6 Å². The molecule has 3 aromatic rings. The minimum Gasteiger partial charge on any atom is -0.542 e. The van der Waals surface area contributed by atoms with Gasteiger partial charge in [-0.15, -0.1) is 10.2 Å². The summed E-state index contributed by atoms with van der Waals surface area (Å²) in [6.45, 7) is 1.66. The monoisotopic (exact) mass is 429 g/mol. The molecule has 3 heterocycles. The van der Waals surface area contributed by atoms with Crippen LogP contribution in [0.4, 0.5) is 9.52 Å². The number of halogens is 2. The molecule has 0 radical (unpaired) electrons. The predicted octanol–water partition coefficient (Wildman–Crippen LogP) is -1.28. The number of carboxylic acids is 1. The quantitative estimate of drug-likeness (QED) is 0.392. The fraction of sp³-hybridized carbons (Fsp3) is 0.125. The molecular weight excluding hydrogens is 420 g/mol. The van der Waals surface area contributed by atoms with Crippen LogP contribution in [-0.4, -0.2) is 39.2 Å². The Morgan fingerprint density at radius 1 is 1.28 bits per heavy atom. The number of pyridine rings is 2. The van der Waals surface area contributed by atoms with Crippen molar-refractivity contribution in [1.29, 1.82) is 0 Å². The number of carboxylic acid groups (broad SMARTS) is 1. The fourth-order valence-corrected chi connectivity index (χ4v) is 3.04. The van der Waals surface area contributed by atoms with Crippen molar-refractivity contribution < 1.29 is 42.7 Å². The van der Waals surface area contributed by atoms with Crippen LogP contribution in [0.2, 0.25) is 5.15 Å². The molecule has 0 spiro atoms. The van der Waals surface area contributed by atoms with Crippen molar-refractivity contribution in [2.45, 2.75) is 6.92 Å². The van der Waals surface area contributed by atoms with E-state index < -0.39 is 22.7 Å². The molecule has 1 N–H and O–H groups in total. The van der Waals surface area contributed by atoms with Gasteiger partial charge in [0.1, 0.15) is 11.7 Å². The van der Waals surface area contributed by atoms with Crippen LogP contribution in [-0.2, 0) is 0 Å². The molecule has 0 bridgehead atoms. The summed E-state index contributed by atoms with van der Waals surface area (Å²) in [4.78, 5) is 31.2. The van der Waals surface area contributed by atoms with Crippen LogP contribution in [0.25, 0.3) is 11.1 Å². The second kappa shape index (κ2) is 9.28. The molecule has 9 nitrogen and oxygen atoms in total. The Bertz CT molecular complexity index is 1100. The fourth-order valence-electron chi connectivity index (χ4n) is 2.32. The SMILES string of the molecule is COc1cnc(Cl)c(F)c1-c1cc(C)ncc1C(=O)Nc1nnc(C(=O)[O-])s1.[Li+]. The average Bonchev–Trinajstić information content (AvgIpc) is 3.12. The number of aromatic carboxylic acids is 1. The van der Waals surface area contributed by atoms with Crippen LogP contribution < -0.4 is 34.0 Å². The van der Waals surface area contributed by atoms with Gasteiger partial charge in [-0.25, -0.2) is 9.37 Å². The molecule has 0 fully saturated rings. The predicted molar refractivity (Wildman–Crippen MR) is 95.9 cm³/mol. The van der Waals surface area contributed by atoms with E-state index in [9.17, 15) is 19.1 Å². The number of aromatic nitrogens is 4. The summed E-state index contributed by atoms with van der Waals surface area (Å²) in [6, 6.07) is 1.48. The van der Waals surface area contributed by atoms with E-state index in [1.807, 2.05) is 0 Å². The van der Waals surface area contributed by atoms with Crippen LogP contribution in [0, 0.1) is 12.7 Å². The van der Waals surface area contributed by atoms with Crippen molar-refractivity contribution in [3.8, 4) is 16.9 Å². The van der Waals surface area contributed by atoms with Gasteiger partial charge in [0.05, 0.1) is 24.4 Å². The third-order valence-corrected chi connectivity index (χ3v) is 4.62. The number of ether oxygens (including phenoxy) is 1. The Kier molecular flexibility index (Phi) is 7.26. The van der Waals surface area contributed by atoms with Gasteiger partial charge in [-0.1, -0.05) is 22.9 Å². The van der Waals surface area contributed by atoms with Crippen molar-refractivity contribution in [2.75, 3.05) is 12.4 Å². The van der Waals surface area contributed by atoms with Gasteiger partial charge in [0.25, 0.3) is 5.91 Å². The van der Waals surface area contributed by atoms with Gasteiger partial charge in [-0.3, -0.25) is 15.1 Å². The normalized spacial score (nSPS) is 10.2. The van der Waals surface area contributed by atoms with Crippen LogP contribution in [0.3, 0.4) is 0 Å². The van der Waals surface area contributed by atoms with Gasteiger partial charge in [0.2, 0.25) is 5.13 Å². The van der Waals surface area contributed by atoms with E-state index in [1.165, 1.54) is 25.6 Å². The first-order valence-corrected chi connectivity index (χ1v) is 8.72. The topological polar surface area (TPSA) is 130 Å². The van der Waals surface area contributed by atoms with E-state index in [0.29, 0.717) is 17.0 Å². The molecule has 0 aliphatic carbocycles. The zero-order valence-corrected chi connectivity index (χ0v) is 16.9. The molecule has 29 heavy (non-hydrogen) atoms. The Hall–Kier alpha value is -2.58. The van der Waals surface area contributed by atoms with E-state index >= 15 is 0 Å². The number of rotatable bonds is 5. The summed E-state index contributed by atoms with van der Waals surface area (Å²) < 4.78 is 19.9. The van der Waals surface area contributed by atoms with E-state index in [0.717, 1.165) is 0 Å². The molecule has 3 aromatic heterocycles. The molecule has 13 heteroatoms. The number of methoxy groups -OCH3 is 1. The van der Waals surface area contributed by atoms with Crippen molar-refractivity contribution in [3.05, 3.63) is 45.7 Å². The number of hydrogen-bond donors (Lipinski definition) is 1. The number of carbonyl (C=O) groups excluding carboxylic acids is 2. The Balaban J connectivity index is 0.00000300. The Morgan fingerprint density at radius 2 is 2.00 bits per heavy atom. The first-order chi connectivity index (χ1) is 13.3. The van der Waals surface area contributed by atoms with E-state index in [1.54, 1.807) is 6.92 Å². The third-order valence-electron chi connectivity index (χ3n) is 3.54. The number of nitrogens with one attached hydrogen (secondary N) is 1. The number of hydrogen-bond acceptors (Lipinski definition) is 9.